The molecule has 1 aromatic rings. The molecule has 0 saturated carbocycles. The molecule has 0 bridgehead atoms. The van der Waals surface area contributed by atoms with Gasteiger partial charge in [-0.1, -0.05) is 12.1 Å². The Morgan fingerprint density at radius 1 is 1.35 bits per heavy atom. The number of nitrogens with two attached hydrogens (primary N) is 1. The van der Waals surface area contributed by atoms with Gasteiger partial charge in [-0.2, -0.15) is 8.78 Å². The molecule has 0 aliphatic rings. The fourth-order valence-corrected chi connectivity index (χ4v) is 1.88. The predicted octanol–water partition coefficient (Wildman–Crippen LogP) is 1.52. The summed E-state index contributed by atoms with van der Waals surface area (Å²) in [5, 5.41) is 12.0. The minimum atomic E-state index is -2.80. The lowest BCUT2D eigenvalue weighted by atomic mass is 9.93. The van der Waals surface area contributed by atoms with Crippen LogP contribution in [0.15, 0.2) is 24.3 Å². The van der Waals surface area contributed by atoms with Crippen molar-refractivity contribution in [3.63, 3.8) is 0 Å². The largest absolute Gasteiger partial charge is 0.435 e. The highest BCUT2D eigenvalue weighted by Crippen LogP contribution is 2.18. The van der Waals surface area contributed by atoms with E-state index in [1.807, 2.05) is 6.92 Å². The SMILES string of the molecule is CC(CN)(CCc1ccc(OC(F)F)cc1)NCCO. The zero-order chi connectivity index (χ0) is 15.0. The van der Waals surface area contributed by atoms with Crippen molar-refractivity contribution < 1.29 is 18.6 Å². The molecule has 0 heterocycles. The zero-order valence-corrected chi connectivity index (χ0v) is 11.6. The van der Waals surface area contributed by atoms with Gasteiger partial charge >= 0.3 is 6.61 Å². The van der Waals surface area contributed by atoms with Crippen molar-refractivity contribution in [1.82, 2.24) is 5.32 Å². The van der Waals surface area contributed by atoms with Gasteiger partial charge in [-0.25, -0.2) is 0 Å². The summed E-state index contributed by atoms with van der Waals surface area (Å²) in [7, 11) is 0. The molecular weight excluding hydrogens is 266 g/mol. The molecule has 4 N–H and O–H groups in total. The van der Waals surface area contributed by atoms with E-state index >= 15 is 0 Å². The van der Waals surface area contributed by atoms with Crippen molar-refractivity contribution in [3.05, 3.63) is 29.8 Å². The molecule has 0 aliphatic carbocycles. The van der Waals surface area contributed by atoms with Gasteiger partial charge in [0.15, 0.2) is 0 Å². The number of aliphatic hydroxyl groups is 1. The van der Waals surface area contributed by atoms with Crippen molar-refractivity contribution in [2.24, 2.45) is 5.73 Å². The number of aryl methyl sites for hydroxylation is 1. The number of hydrogen-bond acceptors (Lipinski definition) is 4. The van der Waals surface area contributed by atoms with Gasteiger partial charge in [0.2, 0.25) is 0 Å². The fourth-order valence-electron chi connectivity index (χ4n) is 1.88. The summed E-state index contributed by atoms with van der Waals surface area (Å²) in [5.41, 5.74) is 6.52. The third kappa shape index (κ3) is 5.81. The van der Waals surface area contributed by atoms with Gasteiger partial charge in [0, 0.05) is 18.6 Å². The quantitative estimate of drug-likeness (QED) is 0.644. The van der Waals surface area contributed by atoms with Crippen LogP contribution in [0.25, 0.3) is 0 Å². The van der Waals surface area contributed by atoms with E-state index < -0.39 is 6.61 Å². The average molecular weight is 288 g/mol. The molecule has 1 aromatic carbocycles. The zero-order valence-electron chi connectivity index (χ0n) is 11.6. The monoisotopic (exact) mass is 288 g/mol. The van der Waals surface area contributed by atoms with Gasteiger partial charge in [-0.15, -0.1) is 0 Å². The van der Waals surface area contributed by atoms with Crippen LogP contribution in [0.2, 0.25) is 0 Å². The molecule has 6 heteroatoms. The summed E-state index contributed by atoms with van der Waals surface area (Å²) >= 11 is 0. The second-order valence-electron chi connectivity index (χ2n) is 4.94. The molecule has 0 radical (unpaired) electrons. The molecule has 0 amide bonds. The summed E-state index contributed by atoms with van der Waals surface area (Å²) in [5.74, 6) is 0.156. The molecular formula is C14H22F2N2O2. The molecule has 0 aliphatic heterocycles. The molecule has 0 aromatic heterocycles. The van der Waals surface area contributed by atoms with E-state index in [9.17, 15) is 8.78 Å². The molecule has 1 rings (SSSR count). The van der Waals surface area contributed by atoms with Gasteiger partial charge in [0.1, 0.15) is 5.75 Å². The van der Waals surface area contributed by atoms with Crippen LogP contribution in [0.5, 0.6) is 5.75 Å². The van der Waals surface area contributed by atoms with Crippen LogP contribution in [0.1, 0.15) is 18.9 Å². The number of nitrogens with one attached hydrogen (secondary N) is 1. The first kappa shape index (κ1) is 16.8. The number of halogens is 2. The van der Waals surface area contributed by atoms with E-state index in [1.165, 1.54) is 12.1 Å². The summed E-state index contributed by atoms with van der Waals surface area (Å²) in [6, 6.07) is 6.59. The molecule has 20 heavy (non-hydrogen) atoms. The van der Waals surface area contributed by atoms with Crippen LogP contribution < -0.4 is 15.8 Å². The molecule has 4 nitrogen and oxygen atoms in total. The van der Waals surface area contributed by atoms with Crippen LogP contribution in [0.4, 0.5) is 8.78 Å². The topological polar surface area (TPSA) is 67.5 Å². The average Bonchev–Trinajstić information content (AvgIpc) is 2.44. The van der Waals surface area contributed by atoms with Crippen molar-refractivity contribution in [2.75, 3.05) is 19.7 Å². The first-order chi connectivity index (χ1) is 9.49. The van der Waals surface area contributed by atoms with E-state index in [2.05, 4.69) is 10.1 Å². The lowest BCUT2D eigenvalue weighted by Crippen LogP contribution is -2.49. The van der Waals surface area contributed by atoms with Gasteiger partial charge in [-0.05, 0) is 37.5 Å². The van der Waals surface area contributed by atoms with Crippen LogP contribution in [0, 0.1) is 0 Å². The van der Waals surface area contributed by atoms with E-state index in [0.717, 1.165) is 18.4 Å². The Kier molecular flexibility index (Phi) is 6.84. The molecule has 1 atom stereocenters. The van der Waals surface area contributed by atoms with Crippen LogP contribution >= 0.6 is 0 Å². The Labute approximate surface area is 117 Å². The maximum atomic E-state index is 12.0. The second kappa shape index (κ2) is 8.14. The first-order valence-corrected chi connectivity index (χ1v) is 6.59. The molecule has 114 valence electrons. The Balaban J connectivity index is 2.51. The maximum absolute atomic E-state index is 12.0. The number of aliphatic hydroxyl groups excluding tert-OH is 1. The number of alkyl halides is 2. The molecule has 1 unspecified atom stereocenters. The van der Waals surface area contributed by atoms with Gasteiger partial charge < -0.3 is 20.9 Å². The minimum absolute atomic E-state index is 0.0647. The highest BCUT2D eigenvalue weighted by molar-refractivity contribution is 5.27. The van der Waals surface area contributed by atoms with Gasteiger partial charge in [0.05, 0.1) is 6.61 Å². The minimum Gasteiger partial charge on any atom is -0.435 e. The Morgan fingerprint density at radius 2 is 2.00 bits per heavy atom. The molecule has 0 fully saturated rings. The van der Waals surface area contributed by atoms with Crippen molar-refractivity contribution in [3.8, 4) is 5.75 Å². The van der Waals surface area contributed by atoms with Crippen molar-refractivity contribution in [2.45, 2.75) is 31.9 Å². The summed E-state index contributed by atoms with van der Waals surface area (Å²) in [4.78, 5) is 0. The van der Waals surface area contributed by atoms with Crippen molar-refractivity contribution >= 4 is 0 Å². The van der Waals surface area contributed by atoms with Gasteiger partial charge in [0.25, 0.3) is 0 Å². The lowest BCUT2D eigenvalue weighted by molar-refractivity contribution is -0.0498. The van der Waals surface area contributed by atoms with E-state index in [1.54, 1.807) is 12.1 Å². The van der Waals surface area contributed by atoms with Gasteiger partial charge in [-0.3, -0.25) is 0 Å². The maximum Gasteiger partial charge on any atom is 0.387 e. The number of benzene rings is 1. The van der Waals surface area contributed by atoms with Crippen LogP contribution in [0.3, 0.4) is 0 Å². The third-order valence-electron chi connectivity index (χ3n) is 3.23. The summed E-state index contributed by atoms with van der Waals surface area (Å²) in [6.07, 6.45) is 1.56. The Bertz CT molecular complexity index is 387. The number of β-amino-alcohol motifs (C(OH)–C–C–N with tert-alkyl or cyclic N) is 1. The van der Waals surface area contributed by atoms with E-state index in [-0.39, 0.29) is 17.9 Å². The smallest absolute Gasteiger partial charge is 0.387 e. The first-order valence-electron chi connectivity index (χ1n) is 6.59. The predicted molar refractivity (Wildman–Crippen MR) is 73.9 cm³/mol. The van der Waals surface area contributed by atoms with Crippen LogP contribution in [-0.4, -0.2) is 37.0 Å². The number of hydrogen-bond donors (Lipinski definition) is 3. The highest BCUT2D eigenvalue weighted by Gasteiger charge is 2.20. The normalized spacial score (nSPS) is 14.3. The fraction of sp³-hybridized carbons (Fsp3) is 0.571. The Morgan fingerprint density at radius 3 is 2.50 bits per heavy atom. The summed E-state index contributed by atoms with van der Waals surface area (Å²) < 4.78 is 28.3. The van der Waals surface area contributed by atoms with Crippen LogP contribution in [-0.2, 0) is 6.42 Å². The highest BCUT2D eigenvalue weighted by atomic mass is 19.3. The second-order valence-corrected chi connectivity index (χ2v) is 4.94. The lowest BCUT2D eigenvalue weighted by Gasteiger charge is -2.29. The number of ether oxygens (including phenoxy) is 1. The van der Waals surface area contributed by atoms with E-state index in [0.29, 0.717) is 13.1 Å². The van der Waals surface area contributed by atoms with Crippen molar-refractivity contribution in [1.29, 1.82) is 0 Å². The molecule has 0 saturated heterocycles. The standard InChI is InChI=1S/C14H22F2N2O2/c1-14(10-17,18-8-9-19)7-6-11-2-4-12(5-3-11)20-13(15)16/h2-5,13,18-19H,6-10,17H2,1H3. The summed E-state index contributed by atoms with van der Waals surface area (Å²) in [6.45, 7) is 0.213. The van der Waals surface area contributed by atoms with E-state index in [4.69, 9.17) is 10.8 Å². The molecule has 0 spiro atoms. The number of rotatable bonds is 9. The Hall–Kier alpha value is -1.24. The third-order valence-corrected chi connectivity index (χ3v) is 3.23.